The van der Waals surface area contributed by atoms with Crippen molar-refractivity contribution in [3.8, 4) is 11.5 Å². The maximum Gasteiger partial charge on any atom is 0.246 e. The van der Waals surface area contributed by atoms with Crippen molar-refractivity contribution in [3.05, 3.63) is 53.6 Å². The molecule has 0 aliphatic carbocycles. The molecule has 2 heterocycles. The second kappa shape index (κ2) is 10.1. The number of amides is 2. The number of carbonyl (C=O) groups excluding carboxylic acids is 2. The normalized spacial score (nSPS) is 17.9. The van der Waals surface area contributed by atoms with Crippen LogP contribution in [-0.2, 0) is 22.6 Å². The van der Waals surface area contributed by atoms with Crippen molar-refractivity contribution in [2.45, 2.75) is 31.5 Å². The van der Waals surface area contributed by atoms with Crippen LogP contribution in [0.3, 0.4) is 0 Å². The Morgan fingerprint density at radius 3 is 2.71 bits per heavy atom. The fraction of sp³-hybridized carbons (Fsp3) is 0.391. The van der Waals surface area contributed by atoms with E-state index in [1.54, 1.807) is 30.0 Å². The summed E-state index contributed by atoms with van der Waals surface area (Å²) >= 11 is 1.64. The van der Waals surface area contributed by atoms with Crippen LogP contribution in [0.2, 0.25) is 0 Å². The molecule has 0 saturated heterocycles. The van der Waals surface area contributed by atoms with Crippen LogP contribution in [-0.4, -0.2) is 49.1 Å². The molecular weight excluding hydrogens is 414 g/mol. The van der Waals surface area contributed by atoms with Crippen LogP contribution < -0.4 is 25.4 Å². The molecule has 7 nitrogen and oxygen atoms in total. The molecular formula is C23H27N3O4S. The predicted molar refractivity (Wildman–Crippen MR) is 122 cm³/mol. The highest BCUT2D eigenvalue weighted by Gasteiger charge is 2.28. The highest BCUT2D eigenvalue weighted by molar-refractivity contribution is 7.98. The van der Waals surface area contributed by atoms with Crippen molar-refractivity contribution in [2.75, 3.05) is 30.5 Å². The first-order chi connectivity index (χ1) is 15.1. The average molecular weight is 442 g/mol. The zero-order valence-corrected chi connectivity index (χ0v) is 18.3. The average Bonchev–Trinajstić information content (AvgIpc) is 2.81. The Balaban J connectivity index is 1.40. The summed E-state index contributed by atoms with van der Waals surface area (Å²) in [5, 5.41) is 9.14. The summed E-state index contributed by atoms with van der Waals surface area (Å²) in [7, 11) is 0. The van der Waals surface area contributed by atoms with E-state index in [0.29, 0.717) is 49.8 Å². The third-order valence-electron chi connectivity index (χ3n) is 5.45. The van der Waals surface area contributed by atoms with Crippen molar-refractivity contribution in [2.24, 2.45) is 0 Å². The molecule has 0 aromatic heterocycles. The van der Waals surface area contributed by atoms with Crippen molar-refractivity contribution in [1.29, 1.82) is 0 Å². The van der Waals surface area contributed by atoms with Gasteiger partial charge < -0.3 is 25.4 Å². The Hall–Kier alpha value is -2.71. The van der Waals surface area contributed by atoms with Gasteiger partial charge in [0.25, 0.3) is 0 Å². The number of fused-ring (bicyclic) bond motifs is 2. The predicted octanol–water partition coefficient (Wildman–Crippen LogP) is 2.35. The van der Waals surface area contributed by atoms with Gasteiger partial charge in [-0.3, -0.25) is 9.59 Å². The zero-order valence-electron chi connectivity index (χ0n) is 17.5. The van der Waals surface area contributed by atoms with E-state index in [-0.39, 0.29) is 17.9 Å². The lowest BCUT2D eigenvalue weighted by Crippen LogP contribution is -2.53. The van der Waals surface area contributed by atoms with Crippen LogP contribution in [0.1, 0.15) is 17.5 Å². The molecule has 0 bridgehead atoms. The zero-order chi connectivity index (χ0) is 21.6. The van der Waals surface area contributed by atoms with Crippen LogP contribution in [0.15, 0.2) is 42.5 Å². The smallest absolute Gasteiger partial charge is 0.246 e. The first-order valence-corrected chi connectivity index (χ1v) is 11.8. The van der Waals surface area contributed by atoms with E-state index in [4.69, 9.17) is 9.47 Å². The molecule has 2 aromatic rings. The SMILES string of the molecule is CSCC[C@H](NC(=O)[C@@H]1Cc2ccccc2CN1)C(=O)Nc1ccc2c(c1)OCCO2. The van der Waals surface area contributed by atoms with E-state index in [2.05, 4.69) is 28.1 Å². The maximum atomic E-state index is 13.0. The number of hydrogen-bond donors (Lipinski definition) is 3. The number of anilines is 1. The number of benzene rings is 2. The summed E-state index contributed by atoms with van der Waals surface area (Å²) < 4.78 is 11.1. The summed E-state index contributed by atoms with van der Waals surface area (Å²) in [5.74, 6) is 1.65. The van der Waals surface area contributed by atoms with E-state index >= 15 is 0 Å². The lowest BCUT2D eigenvalue weighted by atomic mass is 9.95. The molecule has 0 spiro atoms. The molecule has 2 amide bonds. The summed E-state index contributed by atoms with van der Waals surface area (Å²) in [6, 6.07) is 12.4. The molecule has 2 aromatic carbocycles. The van der Waals surface area contributed by atoms with Gasteiger partial charge in [0.1, 0.15) is 19.3 Å². The van der Waals surface area contributed by atoms with E-state index in [1.807, 2.05) is 18.4 Å². The van der Waals surface area contributed by atoms with Gasteiger partial charge in [0.15, 0.2) is 11.5 Å². The number of nitrogens with one attached hydrogen (secondary N) is 3. The third kappa shape index (κ3) is 5.32. The van der Waals surface area contributed by atoms with Crippen LogP contribution in [0.4, 0.5) is 5.69 Å². The lowest BCUT2D eigenvalue weighted by molar-refractivity contribution is -0.128. The minimum absolute atomic E-state index is 0.155. The van der Waals surface area contributed by atoms with E-state index in [1.165, 1.54) is 11.1 Å². The van der Waals surface area contributed by atoms with Gasteiger partial charge in [-0.05, 0) is 48.1 Å². The second-order valence-corrected chi connectivity index (χ2v) is 8.58. The molecule has 0 radical (unpaired) electrons. The molecule has 0 fully saturated rings. The van der Waals surface area contributed by atoms with Crippen molar-refractivity contribution < 1.29 is 19.1 Å². The van der Waals surface area contributed by atoms with Gasteiger partial charge in [0, 0.05) is 18.3 Å². The largest absolute Gasteiger partial charge is 0.486 e. The molecule has 8 heteroatoms. The van der Waals surface area contributed by atoms with Gasteiger partial charge >= 0.3 is 0 Å². The molecule has 0 unspecified atom stereocenters. The molecule has 31 heavy (non-hydrogen) atoms. The molecule has 3 N–H and O–H groups in total. The van der Waals surface area contributed by atoms with Crippen LogP contribution in [0, 0.1) is 0 Å². The van der Waals surface area contributed by atoms with Gasteiger partial charge in [-0.25, -0.2) is 0 Å². The Morgan fingerprint density at radius 2 is 1.90 bits per heavy atom. The number of hydrogen-bond acceptors (Lipinski definition) is 6. The first-order valence-electron chi connectivity index (χ1n) is 10.4. The molecule has 2 atom stereocenters. The van der Waals surface area contributed by atoms with Gasteiger partial charge in [-0.1, -0.05) is 24.3 Å². The number of ether oxygens (including phenoxy) is 2. The molecule has 2 aliphatic heterocycles. The van der Waals surface area contributed by atoms with Crippen LogP contribution in [0.5, 0.6) is 11.5 Å². The minimum atomic E-state index is -0.618. The number of rotatable bonds is 7. The topological polar surface area (TPSA) is 88.7 Å². The maximum absolute atomic E-state index is 13.0. The van der Waals surface area contributed by atoms with E-state index in [9.17, 15) is 9.59 Å². The fourth-order valence-corrected chi connectivity index (χ4v) is 4.24. The summed E-state index contributed by atoms with van der Waals surface area (Å²) in [4.78, 5) is 25.9. The summed E-state index contributed by atoms with van der Waals surface area (Å²) in [6.07, 6.45) is 3.14. The monoisotopic (exact) mass is 441 g/mol. The standard InChI is InChI=1S/C23H27N3O4S/c1-31-11-8-18(22(27)25-17-6-7-20-21(13-17)30-10-9-29-20)26-23(28)19-12-15-4-2-3-5-16(15)14-24-19/h2-7,13,18-19,24H,8-12,14H2,1H3,(H,25,27)(H,26,28)/t18-,19-/m0/s1. The van der Waals surface area contributed by atoms with E-state index < -0.39 is 6.04 Å². The third-order valence-corrected chi connectivity index (χ3v) is 6.10. The lowest BCUT2D eigenvalue weighted by Gasteiger charge is -2.27. The quantitative estimate of drug-likeness (QED) is 0.611. The number of carbonyl (C=O) groups is 2. The molecule has 4 rings (SSSR count). The van der Waals surface area contributed by atoms with E-state index in [0.717, 1.165) is 5.75 Å². The van der Waals surface area contributed by atoms with Gasteiger partial charge in [0.05, 0.1) is 6.04 Å². The van der Waals surface area contributed by atoms with Gasteiger partial charge in [0.2, 0.25) is 11.8 Å². The van der Waals surface area contributed by atoms with Crippen molar-refractivity contribution in [3.63, 3.8) is 0 Å². The fourth-order valence-electron chi connectivity index (χ4n) is 3.77. The molecule has 0 saturated carbocycles. The summed E-state index contributed by atoms with van der Waals surface area (Å²) in [5.41, 5.74) is 2.99. The van der Waals surface area contributed by atoms with Crippen LogP contribution in [0.25, 0.3) is 0 Å². The van der Waals surface area contributed by atoms with Gasteiger partial charge in [-0.15, -0.1) is 0 Å². The second-order valence-electron chi connectivity index (χ2n) is 7.60. The Bertz CT molecular complexity index is 952. The van der Waals surface area contributed by atoms with Crippen molar-refractivity contribution in [1.82, 2.24) is 10.6 Å². The van der Waals surface area contributed by atoms with Gasteiger partial charge in [-0.2, -0.15) is 11.8 Å². The highest BCUT2D eigenvalue weighted by Crippen LogP contribution is 2.32. The Morgan fingerprint density at radius 1 is 1.13 bits per heavy atom. The Labute approximate surface area is 186 Å². The summed E-state index contributed by atoms with van der Waals surface area (Å²) in [6.45, 7) is 1.64. The number of thioether (sulfide) groups is 1. The minimum Gasteiger partial charge on any atom is -0.486 e. The highest BCUT2D eigenvalue weighted by atomic mass is 32.2. The molecule has 164 valence electrons. The van der Waals surface area contributed by atoms with Crippen LogP contribution >= 0.6 is 11.8 Å². The molecule has 2 aliphatic rings. The Kier molecular flexibility index (Phi) is 6.99. The first kappa shape index (κ1) is 21.5. The van der Waals surface area contributed by atoms with Crippen molar-refractivity contribution >= 4 is 29.3 Å².